The number of hydrogen-bond acceptors (Lipinski definition) is 4. The first-order valence-corrected chi connectivity index (χ1v) is 9.36. The molecule has 0 amide bonds. The Morgan fingerprint density at radius 1 is 1.48 bits per heavy atom. The summed E-state index contributed by atoms with van der Waals surface area (Å²) < 4.78 is 27.9. The van der Waals surface area contributed by atoms with Crippen molar-refractivity contribution in [3.05, 3.63) is 22.7 Å². The average Bonchev–Trinajstić information content (AvgIpc) is 2.85. The molecule has 1 saturated heterocycles. The first-order valence-electron chi connectivity index (χ1n) is 7.08. The van der Waals surface area contributed by atoms with Gasteiger partial charge in [-0.3, -0.25) is 0 Å². The molecular weight excluding hydrogens is 354 g/mol. The minimum Gasteiger partial charge on any atom is -0.399 e. The number of halogens is 1. The largest absolute Gasteiger partial charge is 0.399 e. The standard InChI is InChI=1S/C14H22BrN3O2S/c1-10(2)18-6-5-11(9-18)8-17-21(19,20)14-4-3-12(16)7-13(14)15/h3-4,7,10-11,17H,5-6,8-9,16H2,1-2H3. The van der Waals surface area contributed by atoms with Crippen molar-refractivity contribution in [2.24, 2.45) is 5.92 Å². The van der Waals surface area contributed by atoms with Gasteiger partial charge in [-0.2, -0.15) is 0 Å². The van der Waals surface area contributed by atoms with Gasteiger partial charge in [-0.05, 0) is 66.9 Å². The van der Waals surface area contributed by atoms with Gasteiger partial charge in [0.15, 0.2) is 0 Å². The van der Waals surface area contributed by atoms with Crippen LogP contribution in [0.2, 0.25) is 0 Å². The highest BCUT2D eigenvalue weighted by molar-refractivity contribution is 9.10. The van der Waals surface area contributed by atoms with Crippen LogP contribution in [-0.2, 0) is 10.0 Å². The molecule has 1 unspecified atom stereocenters. The Kier molecular flexibility index (Phi) is 5.29. The molecule has 1 aliphatic heterocycles. The number of benzene rings is 1. The number of nitrogens with two attached hydrogens (primary N) is 1. The van der Waals surface area contributed by atoms with Crippen molar-refractivity contribution >= 4 is 31.6 Å². The van der Waals surface area contributed by atoms with Crippen LogP contribution >= 0.6 is 15.9 Å². The van der Waals surface area contributed by atoms with Crippen molar-refractivity contribution in [2.75, 3.05) is 25.4 Å². The fourth-order valence-electron chi connectivity index (χ4n) is 2.54. The van der Waals surface area contributed by atoms with Crippen LogP contribution in [0.5, 0.6) is 0 Å². The van der Waals surface area contributed by atoms with Gasteiger partial charge in [0.2, 0.25) is 10.0 Å². The third-order valence-electron chi connectivity index (χ3n) is 3.86. The van der Waals surface area contributed by atoms with E-state index in [-0.39, 0.29) is 4.90 Å². The second-order valence-electron chi connectivity index (χ2n) is 5.79. The van der Waals surface area contributed by atoms with Gasteiger partial charge in [0.25, 0.3) is 0 Å². The summed E-state index contributed by atoms with van der Waals surface area (Å²) >= 11 is 3.26. The topological polar surface area (TPSA) is 75.4 Å². The molecule has 1 heterocycles. The van der Waals surface area contributed by atoms with Crippen molar-refractivity contribution < 1.29 is 8.42 Å². The van der Waals surface area contributed by atoms with Crippen molar-refractivity contribution in [3.8, 4) is 0 Å². The van der Waals surface area contributed by atoms with Crippen LogP contribution in [-0.4, -0.2) is 39.0 Å². The molecule has 1 atom stereocenters. The van der Waals surface area contributed by atoms with Gasteiger partial charge in [0.1, 0.15) is 0 Å². The summed E-state index contributed by atoms with van der Waals surface area (Å²) in [6.45, 7) is 6.79. The third kappa shape index (κ3) is 4.18. The van der Waals surface area contributed by atoms with Gasteiger partial charge in [-0.25, -0.2) is 13.1 Å². The van der Waals surface area contributed by atoms with E-state index in [0.717, 1.165) is 19.5 Å². The van der Waals surface area contributed by atoms with Gasteiger partial charge in [-0.15, -0.1) is 0 Å². The number of rotatable bonds is 5. The predicted molar refractivity (Wildman–Crippen MR) is 88.6 cm³/mol. The van der Waals surface area contributed by atoms with Crippen molar-refractivity contribution in [3.63, 3.8) is 0 Å². The number of nitrogen functional groups attached to an aromatic ring is 1. The molecule has 0 radical (unpaired) electrons. The maximum absolute atomic E-state index is 12.3. The molecule has 0 aromatic heterocycles. The molecule has 3 N–H and O–H groups in total. The first-order chi connectivity index (χ1) is 9.79. The zero-order chi connectivity index (χ0) is 15.6. The molecule has 0 spiro atoms. The second kappa shape index (κ2) is 6.64. The van der Waals surface area contributed by atoms with Crippen molar-refractivity contribution in [2.45, 2.75) is 31.2 Å². The fourth-order valence-corrected chi connectivity index (χ4v) is 4.75. The van der Waals surface area contributed by atoms with E-state index >= 15 is 0 Å². The Hall–Kier alpha value is -0.630. The van der Waals surface area contributed by atoms with E-state index in [4.69, 9.17) is 5.73 Å². The molecule has 118 valence electrons. The number of nitrogens with zero attached hydrogens (tertiary/aromatic N) is 1. The smallest absolute Gasteiger partial charge is 0.241 e. The number of sulfonamides is 1. The molecular formula is C14H22BrN3O2S. The van der Waals surface area contributed by atoms with Crippen LogP contribution in [0.3, 0.4) is 0 Å². The van der Waals surface area contributed by atoms with E-state index in [1.165, 1.54) is 6.07 Å². The number of hydrogen-bond donors (Lipinski definition) is 2. The van der Waals surface area contributed by atoms with E-state index in [9.17, 15) is 8.42 Å². The minimum atomic E-state index is -3.50. The summed E-state index contributed by atoms with van der Waals surface area (Å²) in [5.41, 5.74) is 6.17. The molecule has 0 aliphatic carbocycles. The molecule has 1 aromatic rings. The molecule has 7 heteroatoms. The minimum absolute atomic E-state index is 0.232. The maximum Gasteiger partial charge on any atom is 0.241 e. The summed E-state index contributed by atoms with van der Waals surface area (Å²) in [6.07, 6.45) is 1.03. The summed E-state index contributed by atoms with van der Waals surface area (Å²) in [5.74, 6) is 0.370. The van der Waals surface area contributed by atoms with E-state index in [0.29, 0.717) is 28.7 Å². The molecule has 21 heavy (non-hydrogen) atoms. The zero-order valence-electron chi connectivity index (χ0n) is 12.3. The Bertz CT molecular complexity index is 604. The van der Waals surface area contributed by atoms with Gasteiger partial charge < -0.3 is 10.6 Å². The second-order valence-corrected chi connectivity index (χ2v) is 8.37. The predicted octanol–water partition coefficient (Wildman–Crippen LogP) is 2.04. The molecule has 2 rings (SSSR count). The Morgan fingerprint density at radius 3 is 2.76 bits per heavy atom. The Labute approximate surface area is 135 Å². The van der Waals surface area contributed by atoms with Crippen LogP contribution < -0.4 is 10.5 Å². The van der Waals surface area contributed by atoms with E-state index in [1.807, 2.05) is 0 Å². The quantitative estimate of drug-likeness (QED) is 0.772. The highest BCUT2D eigenvalue weighted by atomic mass is 79.9. The molecule has 1 fully saturated rings. The van der Waals surface area contributed by atoms with Crippen LogP contribution in [0.15, 0.2) is 27.6 Å². The summed E-state index contributed by atoms with van der Waals surface area (Å²) in [7, 11) is -3.50. The van der Waals surface area contributed by atoms with Gasteiger partial charge in [-0.1, -0.05) is 0 Å². The number of likely N-dealkylation sites (tertiary alicyclic amines) is 1. The van der Waals surface area contributed by atoms with Gasteiger partial charge in [0.05, 0.1) is 4.90 Å². The maximum atomic E-state index is 12.3. The lowest BCUT2D eigenvalue weighted by atomic mass is 10.1. The van der Waals surface area contributed by atoms with Crippen molar-refractivity contribution in [1.29, 1.82) is 0 Å². The molecule has 0 bridgehead atoms. The van der Waals surface area contributed by atoms with Gasteiger partial charge in [0, 0.05) is 29.3 Å². The first kappa shape index (κ1) is 16.7. The lowest BCUT2D eigenvalue weighted by Gasteiger charge is -2.20. The third-order valence-corrected chi connectivity index (χ3v) is 6.26. The highest BCUT2D eigenvalue weighted by Crippen LogP contribution is 2.25. The summed E-state index contributed by atoms with van der Waals surface area (Å²) in [5, 5.41) is 0. The van der Waals surface area contributed by atoms with Crippen LogP contribution in [0.4, 0.5) is 5.69 Å². The SMILES string of the molecule is CC(C)N1CCC(CNS(=O)(=O)c2ccc(N)cc2Br)C1. The molecule has 0 saturated carbocycles. The zero-order valence-corrected chi connectivity index (χ0v) is 14.7. The molecule has 5 nitrogen and oxygen atoms in total. The average molecular weight is 376 g/mol. The number of nitrogens with one attached hydrogen (secondary N) is 1. The Balaban J connectivity index is 1.99. The van der Waals surface area contributed by atoms with E-state index in [1.54, 1.807) is 12.1 Å². The molecule has 1 aromatic carbocycles. The van der Waals surface area contributed by atoms with Crippen LogP contribution in [0.25, 0.3) is 0 Å². The van der Waals surface area contributed by atoms with Crippen LogP contribution in [0.1, 0.15) is 20.3 Å². The monoisotopic (exact) mass is 375 g/mol. The molecule has 1 aliphatic rings. The van der Waals surface area contributed by atoms with E-state index in [2.05, 4.69) is 39.4 Å². The lowest BCUT2D eigenvalue weighted by molar-refractivity contribution is 0.265. The highest BCUT2D eigenvalue weighted by Gasteiger charge is 2.26. The van der Waals surface area contributed by atoms with Crippen molar-refractivity contribution in [1.82, 2.24) is 9.62 Å². The van der Waals surface area contributed by atoms with Crippen LogP contribution in [0, 0.1) is 5.92 Å². The van der Waals surface area contributed by atoms with Gasteiger partial charge >= 0.3 is 0 Å². The van der Waals surface area contributed by atoms with E-state index < -0.39 is 10.0 Å². The normalized spacial score (nSPS) is 20.3. The summed E-state index contributed by atoms with van der Waals surface area (Å²) in [6, 6.07) is 5.23. The fraction of sp³-hybridized carbons (Fsp3) is 0.571. The summed E-state index contributed by atoms with van der Waals surface area (Å²) in [4.78, 5) is 2.60. The Morgan fingerprint density at radius 2 is 2.19 bits per heavy atom. The lowest BCUT2D eigenvalue weighted by Crippen LogP contribution is -2.33. The number of anilines is 1.